The highest BCUT2D eigenvalue weighted by molar-refractivity contribution is 6.35. The number of carbonyl (C=O) groups is 1. The number of carbonyl (C=O) groups excluding carboxylic acids is 1. The summed E-state index contributed by atoms with van der Waals surface area (Å²) in [7, 11) is 4.88. The van der Waals surface area contributed by atoms with Crippen molar-refractivity contribution in [3.63, 3.8) is 0 Å². The van der Waals surface area contributed by atoms with Crippen molar-refractivity contribution in [3.05, 3.63) is 57.6 Å². The summed E-state index contributed by atoms with van der Waals surface area (Å²) in [6.07, 6.45) is 0. The lowest BCUT2D eigenvalue weighted by molar-refractivity contribution is 0.0822. The van der Waals surface area contributed by atoms with E-state index in [1.54, 1.807) is 50.5 Å². The molecule has 0 bridgehead atoms. The lowest BCUT2D eigenvalue weighted by atomic mass is 10.1. The third-order valence-electron chi connectivity index (χ3n) is 3.26. The lowest BCUT2D eigenvalue weighted by Gasteiger charge is -2.18. The van der Waals surface area contributed by atoms with Gasteiger partial charge in [0, 0.05) is 29.7 Å². The Labute approximate surface area is 145 Å². The molecular weight excluding hydrogens is 337 g/mol. The van der Waals surface area contributed by atoms with Crippen molar-refractivity contribution < 1.29 is 14.3 Å². The molecule has 0 radical (unpaired) electrons. The molecule has 0 saturated carbocycles. The van der Waals surface area contributed by atoms with Crippen LogP contribution in [0.25, 0.3) is 0 Å². The summed E-state index contributed by atoms with van der Waals surface area (Å²) in [5, 5.41) is 1.01. The molecule has 0 spiro atoms. The zero-order valence-corrected chi connectivity index (χ0v) is 14.6. The maximum Gasteiger partial charge on any atom is 0.257 e. The SMILES string of the molecule is COc1cccc(C(=O)N(C)C)c1OCc1c(Cl)cccc1Cl. The van der Waals surface area contributed by atoms with E-state index in [1.165, 1.54) is 12.0 Å². The van der Waals surface area contributed by atoms with Gasteiger partial charge in [0.1, 0.15) is 6.61 Å². The van der Waals surface area contributed by atoms with E-state index >= 15 is 0 Å². The Morgan fingerprint density at radius 2 is 1.70 bits per heavy atom. The fraction of sp³-hybridized carbons (Fsp3) is 0.235. The van der Waals surface area contributed by atoms with Gasteiger partial charge in [0.15, 0.2) is 11.5 Å². The van der Waals surface area contributed by atoms with Crippen LogP contribution in [0, 0.1) is 0 Å². The highest BCUT2D eigenvalue weighted by atomic mass is 35.5. The predicted octanol–water partition coefficient (Wildman–Crippen LogP) is 4.28. The van der Waals surface area contributed by atoms with Crippen molar-refractivity contribution in [1.82, 2.24) is 4.90 Å². The fourth-order valence-electron chi connectivity index (χ4n) is 2.05. The van der Waals surface area contributed by atoms with Crippen LogP contribution in [-0.2, 0) is 6.61 Å². The molecule has 0 atom stereocenters. The average molecular weight is 354 g/mol. The van der Waals surface area contributed by atoms with Gasteiger partial charge in [-0.05, 0) is 24.3 Å². The molecule has 0 saturated heterocycles. The Morgan fingerprint density at radius 3 is 2.26 bits per heavy atom. The molecule has 0 heterocycles. The Hall–Kier alpha value is -1.91. The van der Waals surface area contributed by atoms with Crippen LogP contribution in [0.4, 0.5) is 0 Å². The van der Waals surface area contributed by atoms with E-state index in [1.807, 2.05) is 0 Å². The van der Waals surface area contributed by atoms with Gasteiger partial charge >= 0.3 is 0 Å². The van der Waals surface area contributed by atoms with Crippen molar-refractivity contribution in [2.75, 3.05) is 21.2 Å². The first-order chi connectivity index (χ1) is 11.0. The minimum atomic E-state index is -0.177. The van der Waals surface area contributed by atoms with Crippen LogP contribution in [0.1, 0.15) is 15.9 Å². The third-order valence-corrected chi connectivity index (χ3v) is 3.97. The summed E-state index contributed by atoms with van der Waals surface area (Å²) >= 11 is 12.3. The number of hydrogen-bond acceptors (Lipinski definition) is 3. The molecule has 0 unspecified atom stereocenters. The Morgan fingerprint density at radius 1 is 1.09 bits per heavy atom. The van der Waals surface area contributed by atoms with Gasteiger partial charge in [0.05, 0.1) is 12.7 Å². The topological polar surface area (TPSA) is 38.8 Å². The van der Waals surface area contributed by atoms with Gasteiger partial charge in [-0.1, -0.05) is 35.3 Å². The predicted molar refractivity (Wildman–Crippen MR) is 91.8 cm³/mol. The van der Waals surface area contributed by atoms with Crippen LogP contribution in [-0.4, -0.2) is 32.0 Å². The third kappa shape index (κ3) is 3.89. The van der Waals surface area contributed by atoms with Crippen LogP contribution in [0.3, 0.4) is 0 Å². The van der Waals surface area contributed by atoms with Crippen molar-refractivity contribution in [3.8, 4) is 11.5 Å². The largest absolute Gasteiger partial charge is 0.493 e. The number of ether oxygens (including phenoxy) is 2. The summed E-state index contributed by atoms with van der Waals surface area (Å²) in [6, 6.07) is 10.4. The second kappa shape index (κ2) is 7.57. The highest BCUT2D eigenvalue weighted by Crippen LogP contribution is 2.34. The second-order valence-electron chi connectivity index (χ2n) is 5.03. The molecule has 122 valence electrons. The molecule has 2 aromatic carbocycles. The summed E-state index contributed by atoms with van der Waals surface area (Å²) in [5.41, 5.74) is 1.07. The van der Waals surface area contributed by atoms with Gasteiger partial charge in [-0.15, -0.1) is 0 Å². The van der Waals surface area contributed by atoms with Crippen LogP contribution in [0.5, 0.6) is 11.5 Å². The second-order valence-corrected chi connectivity index (χ2v) is 5.84. The average Bonchev–Trinajstić information content (AvgIpc) is 2.53. The fourth-order valence-corrected chi connectivity index (χ4v) is 2.56. The number of methoxy groups -OCH3 is 1. The van der Waals surface area contributed by atoms with E-state index in [2.05, 4.69) is 0 Å². The molecule has 6 heteroatoms. The summed E-state index contributed by atoms with van der Waals surface area (Å²) < 4.78 is 11.1. The van der Waals surface area contributed by atoms with Gasteiger partial charge in [0.25, 0.3) is 5.91 Å². The summed E-state index contributed by atoms with van der Waals surface area (Å²) in [5.74, 6) is 0.662. The highest BCUT2D eigenvalue weighted by Gasteiger charge is 2.19. The molecular formula is C17H17Cl2NO3. The van der Waals surface area contributed by atoms with Gasteiger partial charge in [-0.3, -0.25) is 4.79 Å². The van der Waals surface area contributed by atoms with Gasteiger partial charge in [-0.25, -0.2) is 0 Å². The van der Waals surface area contributed by atoms with Crippen molar-refractivity contribution in [1.29, 1.82) is 0 Å². The van der Waals surface area contributed by atoms with E-state index < -0.39 is 0 Å². The van der Waals surface area contributed by atoms with Crippen LogP contribution in [0.15, 0.2) is 36.4 Å². The number of halogens is 2. The lowest BCUT2D eigenvalue weighted by Crippen LogP contribution is -2.22. The zero-order chi connectivity index (χ0) is 17.0. The van der Waals surface area contributed by atoms with Crippen molar-refractivity contribution in [2.24, 2.45) is 0 Å². The van der Waals surface area contributed by atoms with E-state index in [0.29, 0.717) is 32.7 Å². The first kappa shape index (κ1) is 17.4. The quantitative estimate of drug-likeness (QED) is 0.804. The Bertz CT molecular complexity index is 697. The molecule has 0 fully saturated rings. The Kier molecular flexibility index (Phi) is 5.74. The molecule has 0 aliphatic heterocycles. The van der Waals surface area contributed by atoms with Gasteiger partial charge < -0.3 is 14.4 Å². The first-order valence-electron chi connectivity index (χ1n) is 6.90. The van der Waals surface area contributed by atoms with Crippen molar-refractivity contribution in [2.45, 2.75) is 6.61 Å². The van der Waals surface area contributed by atoms with Gasteiger partial charge in [-0.2, -0.15) is 0 Å². The maximum atomic E-state index is 12.3. The van der Waals surface area contributed by atoms with E-state index in [0.717, 1.165) is 0 Å². The first-order valence-corrected chi connectivity index (χ1v) is 7.65. The van der Waals surface area contributed by atoms with E-state index in [9.17, 15) is 4.79 Å². The molecule has 0 aliphatic carbocycles. The molecule has 2 aromatic rings. The molecule has 4 nitrogen and oxygen atoms in total. The normalized spacial score (nSPS) is 10.3. The number of para-hydroxylation sites is 1. The number of amides is 1. The number of rotatable bonds is 5. The molecule has 0 aliphatic rings. The van der Waals surface area contributed by atoms with Crippen molar-refractivity contribution >= 4 is 29.1 Å². The smallest absolute Gasteiger partial charge is 0.257 e. The van der Waals surface area contributed by atoms with E-state index in [-0.39, 0.29) is 12.5 Å². The number of hydrogen-bond donors (Lipinski definition) is 0. The zero-order valence-electron chi connectivity index (χ0n) is 13.1. The molecule has 2 rings (SSSR count). The monoisotopic (exact) mass is 353 g/mol. The Balaban J connectivity index is 2.37. The molecule has 1 amide bonds. The minimum Gasteiger partial charge on any atom is -0.493 e. The van der Waals surface area contributed by atoms with Crippen LogP contribution < -0.4 is 9.47 Å². The summed E-state index contributed by atoms with van der Waals surface area (Å²) in [6.45, 7) is 0.132. The number of benzene rings is 2. The summed E-state index contributed by atoms with van der Waals surface area (Å²) in [4.78, 5) is 13.8. The maximum absolute atomic E-state index is 12.3. The molecule has 23 heavy (non-hydrogen) atoms. The molecule has 0 N–H and O–H groups in total. The van der Waals surface area contributed by atoms with Crippen LogP contribution in [0.2, 0.25) is 10.0 Å². The minimum absolute atomic E-state index is 0.132. The van der Waals surface area contributed by atoms with Crippen LogP contribution >= 0.6 is 23.2 Å². The standard InChI is InChI=1S/C17H17Cl2NO3/c1-20(2)17(21)11-6-4-9-15(22-3)16(11)23-10-12-13(18)7-5-8-14(12)19/h4-9H,10H2,1-3H3. The van der Waals surface area contributed by atoms with Gasteiger partial charge in [0.2, 0.25) is 0 Å². The molecule has 0 aromatic heterocycles. The van der Waals surface area contributed by atoms with E-state index in [4.69, 9.17) is 32.7 Å². The number of nitrogens with zero attached hydrogens (tertiary/aromatic N) is 1.